The van der Waals surface area contributed by atoms with Crippen molar-refractivity contribution in [3.8, 4) is 23.3 Å². The minimum atomic E-state index is -4.53. The maximum absolute atomic E-state index is 12.9. The molecule has 0 atom stereocenters. The normalized spacial score (nSPS) is 14.1. The van der Waals surface area contributed by atoms with Crippen LogP contribution in [-0.2, 0) is 4.79 Å². The first-order valence-corrected chi connectivity index (χ1v) is 10.7. The average Bonchev–Trinajstić information content (AvgIpc) is 2.86. The maximum Gasteiger partial charge on any atom is 0.422 e. The number of benzene rings is 2. The van der Waals surface area contributed by atoms with Crippen molar-refractivity contribution in [2.45, 2.75) is 19.0 Å². The summed E-state index contributed by atoms with van der Waals surface area (Å²) in [6.07, 6.45) is -3.68. The third-order valence-electron chi connectivity index (χ3n) is 5.51. The Bertz CT molecular complexity index is 1100. The molecule has 35 heavy (non-hydrogen) atoms. The fraction of sp³-hybridized carbons (Fsp3) is 0.375. The van der Waals surface area contributed by atoms with E-state index in [2.05, 4.69) is 10.1 Å². The molecular formula is C24H24F3N3O5. The van der Waals surface area contributed by atoms with Gasteiger partial charge in [-0.15, -0.1) is 0 Å². The van der Waals surface area contributed by atoms with Gasteiger partial charge in [0.25, 0.3) is 5.91 Å². The van der Waals surface area contributed by atoms with Crippen LogP contribution < -0.4 is 19.5 Å². The lowest BCUT2D eigenvalue weighted by atomic mass is 9.95. The number of methoxy groups -OCH3 is 2. The predicted molar refractivity (Wildman–Crippen MR) is 120 cm³/mol. The number of piperidine rings is 1. The van der Waals surface area contributed by atoms with Gasteiger partial charge in [0.2, 0.25) is 5.91 Å². The third-order valence-corrected chi connectivity index (χ3v) is 5.51. The van der Waals surface area contributed by atoms with Crippen LogP contribution in [0.15, 0.2) is 36.4 Å². The van der Waals surface area contributed by atoms with Crippen molar-refractivity contribution in [1.82, 2.24) is 4.90 Å². The van der Waals surface area contributed by atoms with Gasteiger partial charge >= 0.3 is 6.18 Å². The summed E-state index contributed by atoms with van der Waals surface area (Å²) >= 11 is 0. The first-order chi connectivity index (χ1) is 16.6. The van der Waals surface area contributed by atoms with Crippen LogP contribution in [0, 0.1) is 17.2 Å². The molecule has 11 heteroatoms. The number of amides is 2. The summed E-state index contributed by atoms with van der Waals surface area (Å²) in [6.45, 7) is -0.790. The van der Waals surface area contributed by atoms with E-state index in [0.717, 1.165) is 0 Å². The molecule has 2 aromatic carbocycles. The minimum absolute atomic E-state index is 0.124. The number of nitrogens with zero attached hydrogens (tertiary/aromatic N) is 2. The van der Waals surface area contributed by atoms with E-state index in [1.54, 1.807) is 29.2 Å². The van der Waals surface area contributed by atoms with Crippen molar-refractivity contribution in [3.63, 3.8) is 0 Å². The quantitative estimate of drug-likeness (QED) is 0.628. The lowest BCUT2D eigenvalue weighted by Gasteiger charge is -2.31. The first-order valence-electron chi connectivity index (χ1n) is 10.7. The number of carbonyl (C=O) groups excluding carboxylic acids is 2. The second-order valence-corrected chi connectivity index (χ2v) is 7.88. The van der Waals surface area contributed by atoms with Gasteiger partial charge in [-0.25, -0.2) is 0 Å². The van der Waals surface area contributed by atoms with Crippen molar-refractivity contribution in [2.75, 3.05) is 39.2 Å². The van der Waals surface area contributed by atoms with Gasteiger partial charge in [0.05, 0.1) is 19.8 Å². The molecule has 1 aliphatic rings. The molecule has 0 unspecified atom stereocenters. The Kier molecular flexibility index (Phi) is 8.06. The summed E-state index contributed by atoms with van der Waals surface area (Å²) < 4.78 is 52.2. The molecule has 0 spiro atoms. The van der Waals surface area contributed by atoms with E-state index in [1.165, 1.54) is 32.4 Å². The number of likely N-dealkylation sites (tertiary alicyclic amines) is 1. The number of halogens is 3. The van der Waals surface area contributed by atoms with Gasteiger partial charge in [0, 0.05) is 36.3 Å². The molecule has 1 saturated heterocycles. The molecule has 0 radical (unpaired) electrons. The Labute approximate surface area is 200 Å². The first kappa shape index (κ1) is 25.7. The zero-order valence-corrected chi connectivity index (χ0v) is 19.1. The molecule has 0 saturated carbocycles. The molecule has 186 valence electrons. The highest BCUT2D eigenvalue weighted by molar-refractivity contribution is 5.96. The highest BCUT2D eigenvalue weighted by Gasteiger charge is 2.30. The molecule has 1 fully saturated rings. The summed E-state index contributed by atoms with van der Waals surface area (Å²) in [7, 11) is 2.99. The summed E-state index contributed by atoms with van der Waals surface area (Å²) in [5, 5.41) is 11.9. The summed E-state index contributed by atoms with van der Waals surface area (Å²) in [5.74, 6) is -0.0985. The fourth-order valence-corrected chi connectivity index (χ4v) is 3.68. The number of hydrogen-bond donors (Lipinski definition) is 1. The third kappa shape index (κ3) is 6.79. The van der Waals surface area contributed by atoms with E-state index >= 15 is 0 Å². The number of nitriles is 1. The summed E-state index contributed by atoms with van der Waals surface area (Å²) in [5.41, 5.74) is 0.565. The highest BCUT2D eigenvalue weighted by atomic mass is 19.4. The van der Waals surface area contributed by atoms with Crippen LogP contribution in [0.2, 0.25) is 0 Å². The van der Waals surface area contributed by atoms with Crippen LogP contribution in [0.5, 0.6) is 17.2 Å². The van der Waals surface area contributed by atoms with E-state index in [0.29, 0.717) is 43.0 Å². The van der Waals surface area contributed by atoms with Gasteiger partial charge in [-0.05, 0) is 43.2 Å². The number of anilines is 1. The molecule has 1 aliphatic heterocycles. The minimum Gasteiger partial charge on any atom is -0.497 e. The molecule has 0 aliphatic carbocycles. The molecule has 1 N–H and O–H groups in total. The molecule has 0 bridgehead atoms. The van der Waals surface area contributed by atoms with E-state index in [4.69, 9.17) is 9.47 Å². The van der Waals surface area contributed by atoms with Crippen molar-refractivity contribution >= 4 is 17.5 Å². The Morgan fingerprint density at radius 2 is 1.71 bits per heavy atom. The van der Waals surface area contributed by atoms with Crippen LogP contribution in [-0.4, -0.2) is 56.8 Å². The largest absolute Gasteiger partial charge is 0.497 e. The van der Waals surface area contributed by atoms with Crippen molar-refractivity contribution in [1.29, 1.82) is 5.26 Å². The maximum atomic E-state index is 12.9. The number of carbonyl (C=O) groups is 2. The van der Waals surface area contributed by atoms with Crippen LogP contribution in [0.25, 0.3) is 0 Å². The number of ether oxygens (including phenoxy) is 3. The van der Waals surface area contributed by atoms with Gasteiger partial charge in [0.1, 0.15) is 23.3 Å². The Balaban J connectivity index is 1.59. The van der Waals surface area contributed by atoms with Crippen LogP contribution in [0.3, 0.4) is 0 Å². The monoisotopic (exact) mass is 491 g/mol. The van der Waals surface area contributed by atoms with Crippen molar-refractivity contribution in [3.05, 3.63) is 47.5 Å². The molecule has 0 aromatic heterocycles. The van der Waals surface area contributed by atoms with E-state index in [-0.39, 0.29) is 34.7 Å². The molecule has 1 heterocycles. The average molecular weight is 491 g/mol. The van der Waals surface area contributed by atoms with Gasteiger partial charge in [-0.3, -0.25) is 9.59 Å². The second kappa shape index (κ2) is 11.0. The molecular weight excluding hydrogens is 467 g/mol. The van der Waals surface area contributed by atoms with Crippen molar-refractivity contribution in [2.24, 2.45) is 5.92 Å². The van der Waals surface area contributed by atoms with Crippen LogP contribution in [0.1, 0.15) is 28.8 Å². The lowest BCUT2D eigenvalue weighted by molar-refractivity contribution is -0.153. The molecule has 2 aromatic rings. The number of rotatable bonds is 7. The van der Waals surface area contributed by atoms with Gasteiger partial charge in [-0.2, -0.15) is 18.4 Å². The van der Waals surface area contributed by atoms with Crippen molar-refractivity contribution < 1.29 is 37.0 Å². The van der Waals surface area contributed by atoms with E-state index < -0.39 is 12.8 Å². The molecule has 3 rings (SSSR count). The smallest absolute Gasteiger partial charge is 0.422 e. The number of alkyl halides is 3. The van der Waals surface area contributed by atoms with E-state index in [1.807, 2.05) is 0 Å². The summed E-state index contributed by atoms with van der Waals surface area (Å²) in [6, 6.07) is 10.5. The zero-order chi connectivity index (χ0) is 25.6. The SMILES string of the molecule is COc1cc(OC)cc(C(=O)N2CCC(C(=O)Nc3ccc(OCC(F)(F)F)c(C#N)c3)CC2)c1. The summed E-state index contributed by atoms with van der Waals surface area (Å²) in [4.78, 5) is 27.3. The zero-order valence-electron chi connectivity index (χ0n) is 19.1. The van der Waals surface area contributed by atoms with Gasteiger partial charge in [-0.1, -0.05) is 0 Å². The molecule has 2 amide bonds. The lowest BCUT2D eigenvalue weighted by Crippen LogP contribution is -2.41. The topological polar surface area (TPSA) is 101 Å². The second-order valence-electron chi connectivity index (χ2n) is 7.88. The Morgan fingerprint density at radius 1 is 1.09 bits per heavy atom. The molecule has 8 nitrogen and oxygen atoms in total. The predicted octanol–water partition coefficient (Wildman–Crippen LogP) is 4.01. The van der Waals surface area contributed by atoms with E-state index in [9.17, 15) is 28.0 Å². The van der Waals surface area contributed by atoms with Crippen LogP contribution >= 0.6 is 0 Å². The van der Waals surface area contributed by atoms with Gasteiger partial charge < -0.3 is 24.4 Å². The highest BCUT2D eigenvalue weighted by Crippen LogP contribution is 2.28. The van der Waals surface area contributed by atoms with Gasteiger partial charge in [0.15, 0.2) is 6.61 Å². The number of nitrogens with one attached hydrogen (secondary N) is 1. The fourth-order valence-electron chi connectivity index (χ4n) is 3.68. The Morgan fingerprint density at radius 3 is 2.26 bits per heavy atom. The number of hydrogen-bond acceptors (Lipinski definition) is 6. The van der Waals surface area contributed by atoms with Crippen LogP contribution in [0.4, 0.5) is 18.9 Å². The Hall–Kier alpha value is -3.94. The standard InChI is InChI=1S/C24H24F3N3O5/c1-33-19-10-16(11-20(12-19)34-2)23(32)30-7-5-15(6-8-30)22(31)29-18-3-4-21(17(9-18)13-28)35-14-24(25,26)27/h3-4,9-12,15H,5-8,14H2,1-2H3,(H,29,31).